The molecule has 2 heterocycles. The van der Waals surface area contributed by atoms with Gasteiger partial charge in [0, 0.05) is 19.6 Å². The largest absolute Gasteiger partial charge is 0.341 e. The van der Waals surface area contributed by atoms with Gasteiger partial charge in [0.05, 0.1) is 5.41 Å². The smallest absolute Gasteiger partial charge is 0.245 e. The Kier molecular flexibility index (Phi) is 4.52. The van der Waals surface area contributed by atoms with Crippen LogP contribution in [0, 0.1) is 29.1 Å². The molecule has 4 aliphatic carbocycles. The highest BCUT2D eigenvalue weighted by molar-refractivity contribution is 5.91. The van der Waals surface area contributed by atoms with E-state index in [1.165, 1.54) is 25.7 Å². The lowest BCUT2D eigenvalue weighted by molar-refractivity contribution is -0.162. The van der Waals surface area contributed by atoms with Gasteiger partial charge in [-0.15, -0.1) is 0 Å². The third kappa shape index (κ3) is 3.02. The molecular formula is C23H36N2O2. The van der Waals surface area contributed by atoms with Crippen LogP contribution in [-0.4, -0.2) is 47.3 Å². The van der Waals surface area contributed by atoms with Crippen LogP contribution in [0.15, 0.2) is 0 Å². The first-order valence-electron chi connectivity index (χ1n) is 11.7. The molecule has 2 saturated heterocycles. The van der Waals surface area contributed by atoms with Crippen molar-refractivity contribution in [1.29, 1.82) is 0 Å². The zero-order valence-corrected chi connectivity index (χ0v) is 17.0. The van der Waals surface area contributed by atoms with E-state index >= 15 is 0 Å². The summed E-state index contributed by atoms with van der Waals surface area (Å²) in [5.74, 6) is 3.61. The van der Waals surface area contributed by atoms with Crippen molar-refractivity contribution in [3.8, 4) is 0 Å². The molecule has 4 nitrogen and oxygen atoms in total. The summed E-state index contributed by atoms with van der Waals surface area (Å²) in [6.07, 6.45) is 12.8. The molecule has 6 rings (SSSR count). The van der Waals surface area contributed by atoms with E-state index in [9.17, 15) is 9.59 Å². The van der Waals surface area contributed by atoms with Crippen LogP contribution >= 0.6 is 0 Å². The summed E-state index contributed by atoms with van der Waals surface area (Å²) in [4.78, 5) is 31.2. The van der Waals surface area contributed by atoms with E-state index in [4.69, 9.17) is 0 Å². The van der Waals surface area contributed by atoms with E-state index in [2.05, 4.69) is 11.8 Å². The molecule has 0 aromatic carbocycles. The van der Waals surface area contributed by atoms with Crippen molar-refractivity contribution in [3.05, 3.63) is 0 Å². The van der Waals surface area contributed by atoms with E-state index in [0.29, 0.717) is 11.8 Å². The highest BCUT2D eigenvalue weighted by Crippen LogP contribution is 2.60. The molecule has 0 radical (unpaired) electrons. The average molecular weight is 373 g/mol. The number of likely N-dealkylation sites (tertiary alicyclic amines) is 2. The van der Waals surface area contributed by atoms with E-state index < -0.39 is 0 Å². The number of hydrogen-bond donors (Lipinski definition) is 0. The van der Waals surface area contributed by atoms with Gasteiger partial charge in [-0.2, -0.15) is 0 Å². The summed E-state index contributed by atoms with van der Waals surface area (Å²) in [6.45, 7) is 4.84. The molecule has 4 heteroatoms. The Balaban J connectivity index is 1.32. The van der Waals surface area contributed by atoms with E-state index in [0.717, 1.165) is 82.3 Å². The standard InChI is InChI=1S/C23H36N2O2/c1-2-16-5-3-7-24(15-16)21(26)20-6-4-8-25(20)22(27)23-12-17-9-18(13-23)11-19(10-17)14-23/h16-20H,2-15H2,1H3. The van der Waals surface area contributed by atoms with Crippen molar-refractivity contribution in [2.75, 3.05) is 19.6 Å². The van der Waals surface area contributed by atoms with Gasteiger partial charge in [0.2, 0.25) is 11.8 Å². The number of piperidine rings is 1. The molecule has 0 aromatic heterocycles. The van der Waals surface area contributed by atoms with Gasteiger partial charge < -0.3 is 9.80 Å². The van der Waals surface area contributed by atoms with Crippen molar-refractivity contribution in [2.24, 2.45) is 29.1 Å². The minimum absolute atomic E-state index is 0.106. The SMILES string of the molecule is CCC1CCCN(C(=O)C2CCCN2C(=O)C23CC4CC(CC(C4)C2)C3)C1. The molecule has 2 amide bonds. The van der Waals surface area contributed by atoms with Gasteiger partial charge in [-0.1, -0.05) is 13.3 Å². The molecule has 150 valence electrons. The van der Waals surface area contributed by atoms with E-state index in [-0.39, 0.29) is 17.4 Å². The molecule has 4 bridgehead atoms. The summed E-state index contributed by atoms with van der Waals surface area (Å²) in [6, 6.07) is -0.166. The minimum atomic E-state index is -0.166. The van der Waals surface area contributed by atoms with E-state index in [1.54, 1.807) is 0 Å². The summed E-state index contributed by atoms with van der Waals surface area (Å²) in [7, 11) is 0. The lowest BCUT2D eigenvalue weighted by atomic mass is 9.49. The lowest BCUT2D eigenvalue weighted by Gasteiger charge is -2.56. The lowest BCUT2D eigenvalue weighted by Crippen LogP contribution is -2.58. The Bertz CT molecular complexity index is 580. The molecule has 0 N–H and O–H groups in total. The molecule has 27 heavy (non-hydrogen) atoms. The maximum atomic E-state index is 13.8. The van der Waals surface area contributed by atoms with Gasteiger partial charge >= 0.3 is 0 Å². The fourth-order valence-corrected chi connectivity index (χ4v) is 7.75. The number of rotatable bonds is 3. The van der Waals surface area contributed by atoms with Crippen molar-refractivity contribution in [1.82, 2.24) is 9.80 Å². The van der Waals surface area contributed by atoms with Crippen LogP contribution in [-0.2, 0) is 9.59 Å². The first-order valence-corrected chi connectivity index (χ1v) is 11.7. The Morgan fingerprint density at radius 2 is 1.56 bits per heavy atom. The summed E-state index contributed by atoms with van der Waals surface area (Å²) in [5, 5.41) is 0. The second-order valence-electron chi connectivity index (χ2n) is 10.6. The van der Waals surface area contributed by atoms with Gasteiger partial charge in [-0.25, -0.2) is 0 Å². The molecule has 6 fully saturated rings. The fraction of sp³-hybridized carbons (Fsp3) is 0.913. The van der Waals surface area contributed by atoms with Crippen LogP contribution < -0.4 is 0 Å². The van der Waals surface area contributed by atoms with Gasteiger partial charge in [-0.05, 0) is 87.9 Å². The van der Waals surface area contributed by atoms with Crippen LogP contribution in [0.1, 0.15) is 77.6 Å². The van der Waals surface area contributed by atoms with Gasteiger partial charge in [0.15, 0.2) is 0 Å². The monoisotopic (exact) mass is 372 g/mol. The summed E-state index contributed by atoms with van der Waals surface area (Å²) in [5.41, 5.74) is -0.106. The van der Waals surface area contributed by atoms with Crippen LogP contribution in [0.5, 0.6) is 0 Å². The molecule has 2 atom stereocenters. The Morgan fingerprint density at radius 3 is 2.19 bits per heavy atom. The molecular weight excluding hydrogens is 336 g/mol. The fourth-order valence-electron chi connectivity index (χ4n) is 7.75. The van der Waals surface area contributed by atoms with Crippen molar-refractivity contribution >= 4 is 11.8 Å². The zero-order chi connectivity index (χ0) is 18.6. The second-order valence-corrected chi connectivity index (χ2v) is 10.6. The Labute approximate surface area is 164 Å². The number of carbonyl (C=O) groups excluding carboxylic acids is 2. The predicted octanol–water partition coefficient (Wildman–Crippen LogP) is 3.84. The van der Waals surface area contributed by atoms with Crippen molar-refractivity contribution in [3.63, 3.8) is 0 Å². The first-order chi connectivity index (χ1) is 13.1. The minimum Gasteiger partial charge on any atom is -0.341 e. The Hall–Kier alpha value is -1.06. The maximum absolute atomic E-state index is 13.8. The van der Waals surface area contributed by atoms with E-state index in [1.807, 2.05) is 4.90 Å². The van der Waals surface area contributed by atoms with Crippen LogP contribution in [0.2, 0.25) is 0 Å². The highest BCUT2D eigenvalue weighted by Gasteiger charge is 2.57. The van der Waals surface area contributed by atoms with Gasteiger partial charge in [-0.3, -0.25) is 9.59 Å². The normalized spacial score (nSPS) is 43.4. The summed E-state index contributed by atoms with van der Waals surface area (Å²) < 4.78 is 0. The second kappa shape index (κ2) is 6.77. The van der Waals surface area contributed by atoms with Crippen molar-refractivity contribution in [2.45, 2.75) is 83.6 Å². The molecule has 2 unspecified atom stereocenters. The maximum Gasteiger partial charge on any atom is 0.245 e. The average Bonchev–Trinajstić information content (AvgIpc) is 3.15. The number of amides is 2. The Morgan fingerprint density at radius 1 is 0.926 bits per heavy atom. The predicted molar refractivity (Wildman–Crippen MR) is 105 cm³/mol. The first kappa shape index (κ1) is 18.0. The highest BCUT2D eigenvalue weighted by atomic mass is 16.2. The third-order valence-electron chi connectivity index (χ3n) is 8.70. The number of carbonyl (C=O) groups is 2. The molecule has 0 spiro atoms. The zero-order valence-electron chi connectivity index (χ0n) is 17.0. The molecule has 4 saturated carbocycles. The molecule has 2 aliphatic heterocycles. The van der Waals surface area contributed by atoms with Crippen LogP contribution in [0.3, 0.4) is 0 Å². The number of hydrogen-bond acceptors (Lipinski definition) is 2. The van der Waals surface area contributed by atoms with Gasteiger partial charge in [0.25, 0.3) is 0 Å². The quantitative estimate of drug-likeness (QED) is 0.755. The van der Waals surface area contributed by atoms with Crippen molar-refractivity contribution < 1.29 is 9.59 Å². The summed E-state index contributed by atoms with van der Waals surface area (Å²) >= 11 is 0. The topological polar surface area (TPSA) is 40.6 Å². The molecule has 0 aromatic rings. The van der Waals surface area contributed by atoms with Crippen LogP contribution in [0.25, 0.3) is 0 Å². The molecule has 6 aliphatic rings. The number of nitrogens with zero attached hydrogens (tertiary/aromatic N) is 2. The van der Waals surface area contributed by atoms with Gasteiger partial charge in [0.1, 0.15) is 6.04 Å². The third-order valence-corrected chi connectivity index (χ3v) is 8.70. The van der Waals surface area contributed by atoms with Crippen LogP contribution in [0.4, 0.5) is 0 Å².